The molecule has 1 heterocycles. The summed E-state index contributed by atoms with van der Waals surface area (Å²) in [6.07, 6.45) is 1.61. The summed E-state index contributed by atoms with van der Waals surface area (Å²) in [5, 5.41) is 6.26. The van der Waals surface area contributed by atoms with Crippen LogP contribution in [0.25, 0.3) is 17.0 Å². The molecule has 2 aromatic carbocycles. The van der Waals surface area contributed by atoms with E-state index in [9.17, 15) is 13.6 Å². The number of benzene rings is 2. The van der Waals surface area contributed by atoms with Gasteiger partial charge in [0.05, 0.1) is 5.69 Å². The van der Waals surface area contributed by atoms with E-state index < -0.39 is 17.3 Å². The lowest BCUT2D eigenvalue weighted by Crippen LogP contribution is -2.23. The van der Waals surface area contributed by atoms with Crippen LogP contribution in [-0.2, 0) is 16.1 Å². The zero-order valence-corrected chi connectivity index (χ0v) is 29.2. The lowest BCUT2D eigenvalue weighted by Gasteiger charge is -2.23. The molecule has 0 saturated carbocycles. The Labute approximate surface area is 270 Å². The van der Waals surface area contributed by atoms with Crippen molar-refractivity contribution in [1.82, 2.24) is 20.6 Å². The van der Waals surface area contributed by atoms with Crippen LogP contribution in [0.5, 0.6) is 0 Å². The van der Waals surface area contributed by atoms with Crippen molar-refractivity contribution >= 4 is 53.0 Å². The third kappa shape index (κ3) is 12.9. The Balaban J connectivity index is 0. The van der Waals surface area contributed by atoms with Crippen molar-refractivity contribution in [3.63, 3.8) is 0 Å². The predicted octanol–water partition coefficient (Wildman–Crippen LogP) is 8.33. The van der Waals surface area contributed by atoms with Gasteiger partial charge in [-0.15, -0.1) is 0 Å². The number of hydrogen-bond acceptors (Lipinski definition) is 6. The van der Waals surface area contributed by atoms with Crippen LogP contribution in [0.3, 0.4) is 0 Å². The number of nitrogens with one attached hydrogen (secondary N) is 2. The van der Waals surface area contributed by atoms with Gasteiger partial charge >= 0.3 is 0 Å². The molecule has 3 rings (SSSR count). The molecule has 2 N–H and O–H groups in total. The van der Waals surface area contributed by atoms with Gasteiger partial charge in [0.2, 0.25) is 6.41 Å². The van der Waals surface area contributed by atoms with E-state index >= 15 is 0 Å². The average Bonchev–Trinajstić information content (AvgIpc) is 2.99. The van der Waals surface area contributed by atoms with E-state index in [0.29, 0.717) is 23.5 Å². The molecule has 43 heavy (non-hydrogen) atoms. The monoisotopic (exact) mass is 711 g/mol. The van der Waals surface area contributed by atoms with Crippen molar-refractivity contribution in [1.29, 1.82) is 0 Å². The van der Waals surface area contributed by atoms with E-state index in [2.05, 4.69) is 70.5 Å². The summed E-state index contributed by atoms with van der Waals surface area (Å²) in [5.41, 5.74) is 4.02. The topological polar surface area (TPSA) is 87.2 Å². The molecular formula is C33H48F2IN5O2. The molecule has 10 heteroatoms. The zero-order chi connectivity index (χ0) is 33.5. The Kier molecular flexibility index (Phi) is 23.6. The van der Waals surface area contributed by atoms with Gasteiger partial charge in [0.25, 0.3) is 0 Å². The summed E-state index contributed by atoms with van der Waals surface area (Å²) in [7, 11) is 1.73. The first-order chi connectivity index (χ1) is 20.6. The van der Waals surface area contributed by atoms with Gasteiger partial charge in [-0.2, -0.15) is 0 Å². The summed E-state index contributed by atoms with van der Waals surface area (Å²) in [4.78, 5) is 30.1. The summed E-state index contributed by atoms with van der Waals surface area (Å²) >= 11 is 2.29. The number of para-hydroxylation sites is 1. The zero-order valence-electron chi connectivity index (χ0n) is 27.1. The number of alkyl halides is 1. The number of nitrogens with zero attached hydrogens (tertiary/aromatic N) is 3. The minimum Gasteiger partial charge on any atom is -0.385 e. The maximum Gasteiger partial charge on any atom is 0.220 e. The fourth-order valence-electron chi connectivity index (χ4n) is 3.65. The third-order valence-corrected chi connectivity index (χ3v) is 5.19. The second kappa shape index (κ2) is 24.2. The molecule has 1 aromatic heterocycles. The van der Waals surface area contributed by atoms with Crippen molar-refractivity contribution in [3.8, 4) is 11.3 Å². The number of carbonyl (C=O) groups is 2. The van der Waals surface area contributed by atoms with Crippen molar-refractivity contribution in [3.05, 3.63) is 77.1 Å². The van der Waals surface area contributed by atoms with Crippen molar-refractivity contribution < 1.29 is 18.4 Å². The third-order valence-electron chi connectivity index (χ3n) is 5.19. The highest BCUT2D eigenvalue weighted by Crippen LogP contribution is 2.36. The normalized spacial score (nSPS) is 9.30. The highest BCUT2D eigenvalue weighted by atomic mass is 127. The van der Waals surface area contributed by atoms with Crippen molar-refractivity contribution in [2.45, 2.75) is 68.4 Å². The van der Waals surface area contributed by atoms with Crippen LogP contribution >= 0.6 is 22.6 Å². The number of amides is 1. The lowest BCUT2D eigenvalue weighted by atomic mass is 9.97. The molecule has 1 amide bonds. The Morgan fingerprint density at radius 1 is 1.02 bits per heavy atom. The number of aromatic nitrogens is 2. The van der Waals surface area contributed by atoms with Crippen LogP contribution in [-0.4, -0.2) is 41.2 Å². The molecule has 238 valence electrons. The van der Waals surface area contributed by atoms with E-state index in [1.54, 1.807) is 14.0 Å². The number of carbonyl (C=O) groups excluding carboxylic acids is 2. The van der Waals surface area contributed by atoms with Gasteiger partial charge in [-0.05, 0) is 61.6 Å². The van der Waals surface area contributed by atoms with Crippen LogP contribution in [0.2, 0.25) is 0 Å². The van der Waals surface area contributed by atoms with Gasteiger partial charge in [0.1, 0.15) is 35.8 Å². The molecule has 0 aliphatic carbocycles. The minimum atomic E-state index is -0.865. The minimum absolute atomic E-state index is 0.112. The van der Waals surface area contributed by atoms with E-state index in [4.69, 9.17) is 4.79 Å². The highest BCUT2D eigenvalue weighted by molar-refractivity contribution is 14.1. The van der Waals surface area contributed by atoms with Crippen LogP contribution < -0.4 is 15.5 Å². The Bertz CT molecular complexity index is 1240. The van der Waals surface area contributed by atoms with Gasteiger partial charge in [-0.25, -0.2) is 18.7 Å². The number of hydrogen-bond donors (Lipinski definition) is 2. The Hall–Kier alpha value is -3.25. The second-order valence-corrected chi connectivity index (χ2v) is 10.0. The standard InChI is InChI=1S/C25H27F2N5O.C3H8.C2H5I.C2H6.CH2O/c1-6-29-16(3)18-11-10-15(2)19(12-18)23-20(13-28-5)25(31-17(4)30-23)32(14-33)24-21(26)8-7-9-22(24)27;1-3-2;1-2-3;2*1-2/h7-12,14,28-29H,3,6,13H2,1-2,4-5H3;3H2,1-2H3;2H2,1H3;1-2H3;1H2. The van der Waals surface area contributed by atoms with E-state index in [1.165, 1.54) is 16.9 Å². The molecule has 0 unspecified atom stereocenters. The molecular weight excluding hydrogens is 663 g/mol. The van der Waals surface area contributed by atoms with Gasteiger partial charge in [0.15, 0.2) is 0 Å². The number of aryl methyl sites for hydroxylation is 2. The van der Waals surface area contributed by atoms with Crippen molar-refractivity contribution in [2.24, 2.45) is 0 Å². The number of anilines is 2. The maximum atomic E-state index is 14.6. The smallest absolute Gasteiger partial charge is 0.220 e. The summed E-state index contributed by atoms with van der Waals surface area (Å²) < 4.78 is 30.4. The summed E-state index contributed by atoms with van der Waals surface area (Å²) in [5.74, 6) is -1.26. The van der Waals surface area contributed by atoms with Gasteiger partial charge in [0, 0.05) is 29.9 Å². The lowest BCUT2D eigenvalue weighted by molar-refractivity contribution is -0.107. The summed E-state index contributed by atoms with van der Waals surface area (Å²) in [6.45, 7) is 23.0. The first kappa shape index (κ1) is 41.9. The predicted molar refractivity (Wildman–Crippen MR) is 186 cm³/mol. The molecule has 0 aliphatic rings. The maximum absolute atomic E-state index is 14.6. The molecule has 0 bridgehead atoms. The largest absolute Gasteiger partial charge is 0.385 e. The second-order valence-electron chi connectivity index (χ2n) is 8.51. The number of halogens is 3. The fraction of sp³-hybridized carbons (Fsp3) is 0.394. The highest BCUT2D eigenvalue weighted by Gasteiger charge is 2.25. The van der Waals surface area contributed by atoms with E-state index in [0.717, 1.165) is 46.0 Å². The van der Waals surface area contributed by atoms with Gasteiger partial charge in [-0.3, -0.25) is 9.69 Å². The molecule has 0 spiro atoms. The van der Waals surface area contributed by atoms with Gasteiger partial charge < -0.3 is 15.4 Å². The molecule has 0 radical (unpaired) electrons. The van der Waals surface area contributed by atoms with E-state index in [-0.39, 0.29) is 12.4 Å². The first-order valence-corrected chi connectivity index (χ1v) is 15.8. The molecule has 0 fully saturated rings. The quantitative estimate of drug-likeness (QED) is 0.132. The molecule has 0 saturated heterocycles. The summed E-state index contributed by atoms with van der Waals surface area (Å²) in [6, 6.07) is 9.32. The van der Waals surface area contributed by atoms with Crippen LogP contribution in [0.1, 0.15) is 70.5 Å². The SMILES string of the molecule is C=C(NCC)c1ccc(C)c(-c2nc(C)nc(N(C=O)c3c(F)cccc3F)c2CNC)c1.C=O.CC.CCC.CCI. The molecule has 0 atom stereocenters. The van der Waals surface area contributed by atoms with E-state index in [1.807, 2.05) is 52.7 Å². The van der Waals surface area contributed by atoms with Crippen LogP contribution in [0.15, 0.2) is 43.0 Å². The molecule has 7 nitrogen and oxygen atoms in total. The van der Waals surface area contributed by atoms with Crippen LogP contribution in [0.4, 0.5) is 20.3 Å². The average molecular weight is 712 g/mol. The van der Waals surface area contributed by atoms with Crippen molar-refractivity contribution in [2.75, 3.05) is 22.9 Å². The Morgan fingerprint density at radius 3 is 2.02 bits per heavy atom. The first-order valence-electron chi connectivity index (χ1n) is 14.2. The van der Waals surface area contributed by atoms with Crippen LogP contribution in [0, 0.1) is 25.5 Å². The molecule has 3 aromatic rings. The van der Waals surface area contributed by atoms with Gasteiger partial charge in [-0.1, -0.05) is 88.4 Å². The Morgan fingerprint density at radius 2 is 1.56 bits per heavy atom. The fourth-order valence-corrected chi connectivity index (χ4v) is 3.65. The number of rotatable bonds is 9. The molecule has 0 aliphatic heterocycles.